The van der Waals surface area contributed by atoms with Crippen LogP contribution in [0.5, 0.6) is 11.5 Å². The van der Waals surface area contributed by atoms with Gasteiger partial charge < -0.3 is 20.1 Å². The van der Waals surface area contributed by atoms with Gasteiger partial charge in [-0.05, 0) is 48.9 Å². The van der Waals surface area contributed by atoms with E-state index < -0.39 is 0 Å². The highest BCUT2D eigenvalue weighted by atomic mass is 16.5. The number of methoxy groups -OCH3 is 2. The lowest BCUT2D eigenvalue weighted by Crippen LogP contribution is -2.23. The molecule has 0 bridgehead atoms. The first-order valence-electron chi connectivity index (χ1n) is 7.99. The van der Waals surface area contributed by atoms with Crippen LogP contribution in [-0.4, -0.2) is 33.2 Å². The van der Waals surface area contributed by atoms with E-state index in [-0.39, 0.29) is 5.91 Å². The summed E-state index contributed by atoms with van der Waals surface area (Å²) in [4.78, 5) is 11.9. The number of amides is 1. The molecule has 0 aromatic heterocycles. The molecule has 0 aliphatic carbocycles. The zero-order chi connectivity index (χ0) is 17.2. The van der Waals surface area contributed by atoms with Gasteiger partial charge in [-0.15, -0.1) is 0 Å². The zero-order valence-corrected chi connectivity index (χ0v) is 14.2. The normalized spacial score (nSPS) is 10.2. The van der Waals surface area contributed by atoms with Crippen LogP contribution in [-0.2, 0) is 11.2 Å². The molecule has 0 spiro atoms. The molecule has 0 radical (unpaired) electrons. The van der Waals surface area contributed by atoms with Crippen LogP contribution in [0.4, 0.5) is 5.69 Å². The Morgan fingerprint density at radius 2 is 1.71 bits per heavy atom. The molecular weight excluding hydrogens is 304 g/mol. The Morgan fingerprint density at radius 1 is 0.958 bits per heavy atom. The molecule has 0 heterocycles. The third-order valence-corrected chi connectivity index (χ3v) is 3.67. The van der Waals surface area contributed by atoms with Crippen LogP contribution in [0.3, 0.4) is 0 Å². The van der Waals surface area contributed by atoms with E-state index in [1.165, 1.54) is 0 Å². The molecule has 5 heteroatoms. The summed E-state index contributed by atoms with van der Waals surface area (Å²) in [5.74, 6) is 1.66. The molecule has 24 heavy (non-hydrogen) atoms. The van der Waals surface area contributed by atoms with Gasteiger partial charge in [0.05, 0.1) is 14.2 Å². The fraction of sp³-hybridized carbons (Fsp3) is 0.316. The molecule has 2 rings (SSSR count). The first kappa shape index (κ1) is 17.8. The number of carbonyl (C=O) groups excluding carboxylic acids is 1. The van der Waals surface area contributed by atoms with Crippen molar-refractivity contribution < 1.29 is 14.3 Å². The van der Waals surface area contributed by atoms with Crippen molar-refractivity contribution in [1.82, 2.24) is 5.32 Å². The van der Waals surface area contributed by atoms with Crippen LogP contribution in [0, 0.1) is 0 Å². The molecule has 2 aromatic rings. The Kier molecular flexibility index (Phi) is 7.11. The second-order valence-electron chi connectivity index (χ2n) is 5.34. The zero-order valence-electron chi connectivity index (χ0n) is 14.2. The minimum absolute atomic E-state index is 0.00930. The average molecular weight is 328 g/mol. The maximum Gasteiger partial charge on any atom is 0.225 e. The lowest BCUT2D eigenvalue weighted by atomic mass is 10.1. The number of hydrogen-bond donors (Lipinski definition) is 2. The highest BCUT2D eigenvalue weighted by Crippen LogP contribution is 2.17. The molecule has 0 saturated carbocycles. The Balaban J connectivity index is 1.65. The number of anilines is 1. The van der Waals surface area contributed by atoms with Crippen LogP contribution in [0.2, 0.25) is 0 Å². The standard InChI is InChI=1S/C19H24N2O3/c1-23-17-9-7-16(8-10-17)21-19(22)12-14-20-13-11-15-5-3-4-6-18(15)24-2/h3-10,20H,11-14H2,1-2H3,(H,21,22). The number of hydrogen-bond acceptors (Lipinski definition) is 4. The van der Waals surface area contributed by atoms with Crippen molar-refractivity contribution in [2.45, 2.75) is 12.8 Å². The molecule has 2 aromatic carbocycles. The van der Waals surface area contributed by atoms with Gasteiger partial charge in [-0.1, -0.05) is 18.2 Å². The predicted molar refractivity (Wildman–Crippen MR) is 95.8 cm³/mol. The third kappa shape index (κ3) is 5.59. The van der Waals surface area contributed by atoms with Gasteiger partial charge in [0, 0.05) is 18.7 Å². The second kappa shape index (κ2) is 9.57. The van der Waals surface area contributed by atoms with Crippen molar-refractivity contribution in [2.24, 2.45) is 0 Å². The van der Waals surface area contributed by atoms with Crippen LogP contribution in [0.15, 0.2) is 48.5 Å². The summed E-state index contributed by atoms with van der Waals surface area (Å²) in [5, 5.41) is 6.15. The van der Waals surface area contributed by atoms with Crippen LogP contribution < -0.4 is 20.1 Å². The lowest BCUT2D eigenvalue weighted by molar-refractivity contribution is -0.116. The molecule has 0 fully saturated rings. The number of para-hydroxylation sites is 1. The van der Waals surface area contributed by atoms with E-state index in [0.717, 1.165) is 35.7 Å². The summed E-state index contributed by atoms with van der Waals surface area (Å²) < 4.78 is 10.4. The molecule has 128 valence electrons. The van der Waals surface area contributed by atoms with E-state index in [1.807, 2.05) is 42.5 Å². The summed E-state index contributed by atoms with van der Waals surface area (Å²) in [7, 11) is 3.29. The quantitative estimate of drug-likeness (QED) is 0.695. The fourth-order valence-corrected chi connectivity index (χ4v) is 2.36. The topological polar surface area (TPSA) is 59.6 Å². The largest absolute Gasteiger partial charge is 0.497 e. The highest BCUT2D eigenvalue weighted by molar-refractivity contribution is 5.90. The van der Waals surface area contributed by atoms with Crippen molar-refractivity contribution in [3.05, 3.63) is 54.1 Å². The molecule has 0 unspecified atom stereocenters. The minimum Gasteiger partial charge on any atom is -0.497 e. The van der Waals surface area contributed by atoms with Gasteiger partial charge >= 0.3 is 0 Å². The summed E-state index contributed by atoms with van der Waals surface area (Å²) in [6.07, 6.45) is 1.29. The molecule has 1 amide bonds. The van der Waals surface area contributed by atoms with Gasteiger partial charge in [0.2, 0.25) is 5.91 Å². The molecule has 0 aliphatic heterocycles. The molecular formula is C19H24N2O3. The Hall–Kier alpha value is -2.53. The van der Waals surface area contributed by atoms with Crippen molar-refractivity contribution in [1.29, 1.82) is 0 Å². The summed E-state index contributed by atoms with van der Waals surface area (Å²) in [6, 6.07) is 15.3. The molecule has 0 atom stereocenters. The molecule has 2 N–H and O–H groups in total. The molecule has 0 aliphatic rings. The number of carbonyl (C=O) groups is 1. The fourth-order valence-electron chi connectivity index (χ4n) is 2.36. The smallest absolute Gasteiger partial charge is 0.225 e. The Bertz CT molecular complexity index is 641. The van der Waals surface area contributed by atoms with Gasteiger partial charge in [-0.25, -0.2) is 0 Å². The lowest BCUT2D eigenvalue weighted by Gasteiger charge is -2.09. The second-order valence-corrected chi connectivity index (χ2v) is 5.34. The Labute approximate surface area is 143 Å². The number of ether oxygens (including phenoxy) is 2. The van der Waals surface area contributed by atoms with E-state index >= 15 is 0 Å². The van der Waals surface area contributed by atoms with Crippen LogP contribution >= 0.6 is 0 Å². The summed E-state index contributed by atoms with van der Waals surface area (Å²) >= 11 is 0. The Morgan fingerprint density at radius 3 is 2.42 bits per heavy atom. The van der Waals surface area contributed by atoms with Crippen LogP contribution in [0.25, 0.3) is 0 Å². The van der Waals surface area contributed by atoms with E-state index in [1.54, 1.807) is 14.2 Å². The van der Waals surface area contributed by atoms with Crippen molar-refractivity contribution in [3.8, 4) is 11.5 Å². The van der Waals surface area contributed by atoms with Crippen molar-refractivity contribution in [2.75, 3.05) is 32.6 Å². The van der Waals surface area contributed by atoms with Crippen molar-refractivity contribution >= 4 is 11.6 Å². The number of benzene rings is 2. The van der Waals surface area contributed by atoms with Crippen molar-refractivity contribution in [3.63, 3.8) is 0 Å². The van der Waals surface area contributed by atoms with E-state index in [2.05, 4.69) is 16.7 Å². The first-order chi connectivity index (χ1) is 11.7. The van der Waals surface area contributed by atoms with Gasteiger partial charge in [-0.3, -0.25) is 4.79 Å². The first-order valence-corrected chi connectivity index (χ1v) is 7.99. The van der Waals surface area contributed by atoms with E-state index in [4.69, 9.17) is 9.47 Å². The number of nitrogens with one attached hydrogen (secondary N) is 2. The minimum atomic E-state index is -0.00930. The predicted octanol–water partition coefficient (Wildman–Crippen LogP) is 2.86. The molecule has 0 saturated heterocycles. The van der Waals surface area contributed by atoms with Gasteiger partial charge in [0.15, 0.2) is 0 Å². The number of rotatable bonds is 9. The van der Waals surface area contributed by atoms with Gasteiger partial charge in [0.1, 0.15) is 11.5 Å². The highest BCUT2D eigenvalue weighted by Gasteiger charge is 2.04. The van der Waals surface area contributed by atoms with Crippen LogP contribution in [0.1, 0.15) is 12.0 Å². The summed E-state index contributed by atoms with van der Waals surface area (Å²) in [6.45, 7) is 1.44. The average Bonchev–Trinajstić information content (AvgIpc) is 2.62. The van der Waals surface area contributed by atoms with E-state index in [9.17, 15) is 4.79 Å². The molecule has 5 nitrogen and oxygen atoms in total. The third-order valence-electron chi connectivity index (χ3n) is 3.67. The monoisotopic (exact) mass is 328 g/mol. The SMILES string of the molecule is COc1ccc(NC(=O)CCNCCc2ccccc2OC)cc1. The van der Waals surface area contributed by atoms with Gasteiger partial charge in [0.25, 0.3) is 0 Å². The summed E-state index contributed by atoms with van der Waals surface area (Å²) in [5.41, 5.74) is 1.94. The maximum atomic E-state index is 11.9. The maximum absolute atomic E-state index is 11.9. The van der Waals surface area contributed by atoms with E-state index in [0.29, 0.717) is 13.0 Å². The van der Waals surface area contributed by atoms with Gasteiger partial charge in [-0.2, -0.15) is 0 Å².